The molecule has 0 spiro atoms. The number of aliphatic hydroxyl groups is 1. The fourth-order valence-corrected chi connectivity index (χ4v) is 3.63. The van der Waals surface area contributed by atoms with E-state index in [0.29, 0.717) is 12.0 Å². The molecule has 0 radical (unpaired) electrons. The number of rotatable bonds is 3. The number of hydrogen-bond donors (Lipinski definition) is 3. The first-order valence-corrected chi connectivity index (χ1v) is 9.00. The molecule has 0 saturated heterocycles. The van der Waals surface area contributed by atoms with Crippen molar-refractivity contribution in [3.63, 3.8) is 0 Å². The summed E-state index contributed by atoms with van der Waals surface area (Å²) in [6.45, 7) is 1.94. The van der Waals surface area contributed by atoms with Crippen LogP contribution < -0.4 is 5.32 Å². The second-order valence-corrected chi connectivity index (χ2v) is 7.01. The highest BCUT2D eigenvalue weighted by molar-refractivity contribution is 6.01. The minimum absolute atomic E-state index is 0.0358. The number of carbonyl (C=O) groups is 1. The molecule has 1 aromatic carbocycles. The number of benzene rings is 1. The maximum Gasteiger partial charge on any atom is 0.251 e. The molecule has 1 aliphatic rings. The molecule has 134 valence electrons. The number of H-pyrrole nitrogens is 1. The summed E-state index contributed by atoms with van der Waals surface area (Å²) >= 11 is 0. The fourth-order valence-electron chi connectivity index (χ4n) is 3.63. The van der Waals surface area contributed by atoms with E-state index in [1.807, 2.05) is 31.2 Å². The molecular formula is C20H22N4O2. The van der Waals surface area contributed by atoms with Crippen LogP contribution in [-0.4, -0.2) is 38.3 Å². The Bertz CT molecular complexity index is 950. The SMILES string of the molecule is Cc1cc(-c2n[nH]c3ccc(C(=O)NC4CCCC(O)C4)cc23)ccn1. The number of amides is 1. The van der Waals surface area contributed by atoms with Crippen LogP contribution in [0.1, 0.15) is 41.7 Å². The molecule has 1 fully saturated rings. The number of nitrogens with one attached hydrogen (secondary N) is 2. The van der Waals surface area contributed by atoms with Crippen molar-refractivity contribution in [3.05, 3.63) is 47.8 Å². The van der Waals surface area contributed by atoms with Gasteiger partial charge in [-0.3, -0.25) is 14.9 Å². The largest absolute Gasteiger partial charge is 0.393 e. The van der Waals surface area contributed by atoms with Crippen LogP contribution in [0.15, 0.2) is 36.5 Å². The second kappa shape index (κ2) is 6.88. The number of nitrogens with zero attached hydrogens (tertiary/aromatic N) is 2. The molecule has 4 rings (SSSR count). The van der Waals surface area contributed by atoms with Gasteiger partial charge in [-0.1, -0.05) is 0 Å². The topological polar surface area (TPSA) is 90.9 Å². The van der Waals surface area contributed by atoms with Gasteiger partial charge in [0.2, 0.25) is 0 Å². The van der Waals surface area contributed by atoms with E-state index in [4.69, 9.17) is 0 Å². The molecule has 26 heavy (non-hydrogen) atoms. The Hall–Kier alpha value is -2.73. The molecule has 6 heteroatoms. The number of carbonyl (C=O) groups excluding carboxylic acids is 1. The second-order valence-electron chi connectivity index (χ2n) is 7.01. The van der Waals surface area contributed by atoms with Crippen LogP contribution in [0.25, 0.3) is 22.2 Å². The molecule has 1 aliphatic carbocycles. The van der Waals surface area contributed by atoms with Gasteiger partial charge in [0.25, 0.3) is 5.91 Å². The molecule has 2 heterocycles. The van der Waals surface area contributed by atoms with Crippen LogP contribution in [0.5, 0.6) is 0 Å². The Labute approximate surface area is 151 Å². The zero-order valence-electron chi connectivity index (χ0n) is 14.7. The summed E-state index contributed by atoms with van der Waals surface area (Å²) in [6, 6.07) is 9.48. The van der Waals surface area contributed by atoms with Gasteiger partial charge in [-0.2, -0.15) is 5.10 Å². The Morgan fingerprint density at radius 2 is 2.15 bits per heavy atom. The van der Waals surface area contributed by atoms with Crippen LogP contribution in [-0.2, 0) is 0 Å². The zero-order valence-corrected chi connectivity index (χ0v) is 14.7. The summed E-state index contributed by atoms with van der Waals surface area (Å²) in [5.74, 6) is -0.107. The quantitative estimate of drug-likeness (QED) is 0.677. The Balaban J connectivity index is 1.62. The van der Waals surface area contributed by atoms with Crippen LogP contribution in [0.3, 0.4) is 0 Å². The highest BCUT2D eigenvalue weighted by Gasteiger charge is 2.22. The van der Waals surface area contributed by atoms with Crippen LogP contribution in [0.2, 0.25) is 0 Å². The van der Waals surface area contributed by atoms with Gasteiger partial charge >= 0.3 is 0 Å². The summed E-state index contributed by atoms with van der Waals surface area (Å²) in [4.78, 5) is 16.9. The molecule has 0 bridgehead atoms. The van der Waals surface area contributed by atoms with E-state index < -0.39 is 0 Å². The summed E-state index contributed by atoms with van der Waals surface area (Å²) in [5.41, 5.74) is 4.19. The third-order valence-corrected chi connectivity index (χ3v) is 4.98. The number of aromatic amines is 1. The predicted octanol–water partition coefficient (Wildman–Crippen LogP) is 2.97. The van der Waals surface area contributed by atoms with Gasteiger partial charge in [0, 0.05) is 34.4 Å². The van der Waals surface area contributed by atoms with Crippen molar-refractivity contribution in [3.8, 4) is 11.3 Å². The first-order valence-electron chi connectivity index (χ1n) is 9.00. The van der Waals surface area contributed by atoms with Gasteiger partial charge < -0.3 is 10.4 Å². The molecule has 6 nitrogen and oxygen atoms in total. The highest BCUT2D eigenvalue weighted by Crippen LogP contribution is 2.27. The predicted molar refractivity (Wildman–Crippen MR) is 99.8 cm³/mol. The van der Waals surface area contributed by atoms with Crippen molar-refractivity contribution in [1.29, 1.82) is 0 Å². The standard InChI is InChI=1S/C20H22N4O2/c1-12-9-13(7-8-21-12)19-17-10-14(5-6-18(17)23-24-19)20(26)22-15-3-2-4-16(25)11-15/h5-10,15-16,25H,2-4,11H2,1H3,(H,22,26)(H,23,24). The number of fused-ring (bicyclic) bond motifs is 1. The van der Waals surface area contributed by atoms with Gasteiger partial charge in [0.1, 0.15) is 5.69 Å². The molecule has 2 unspecified atom stereocenters. The lowest BCUT2D eigenvalue weighted by Gasteiger charge is -2.26. The smallest absolute Gasteiger partial charge is 0.251 e. The van der Waals surface area contributed by atoms with Crippen molar-refractivity contribution in [1.82, 2.24) is 20.5 Å². The first-order chi connectivity index (χ1) is 12.6. The average molecular weight is 350 g/mol. The Morgan fingerprint density at radius 1 is 1.27 bits per heavy atom. The summed E-state index contributed by atoms with van der Waals surface area (Å²) in [6.07, 6.45) is 4.75. The number of aliphatic hydroxyl groups excluding tert-OH is 1. The van der Waals surface area contributed by atoms with E-state index in [0.717, 1.165) is 47.1 Å². The Morgan fingerprint density at radius 3 is 2.96 bits per heavy atom. The van der Waals surface area contributed by atoms with E-state index in [1.54, 1.807) is 12.3 Å². The van der Waals surface area contributed by atoms with E-state index in [2.05, 4.69) is 20.5 Å². The molecule has 0 aliphatic heterocycles. The lowest BCUT2D eigenvalue weighted by Crippen LogP contribution is -2.39. The van der Waals surface area contributed by atoms with Gasteiger partial charge in [-0.05, 0) is 62.9 Å². The zero-order chi connectivity index (χ0) is 18.1. The number of hydrogen-bond acceptors (Lipinski definition) is 4. The minimum Gasteiger partial charge on any atom is -0.393 e. The normalized spacial score (nSPS) is 20.2. The van der Waals surface area contributed by atoms with Gasteiger partial charge in [-0.15, -0.1) is 0 Å². The maximum atomic E-state index is 12.7. The van der Waals surface area contributed by atoms with Crippen LogP contribution in [0, 0.1) is 6.92 Å². The third-order valence-electron chi connectivity index (χ3n) is 4.98. The lowest BCUT2D eigenvalue weighted by atomic mass is 9.93. The van der Waals surface area contributed by atoms with E-state index in [-0.39, 0.29) is 18.1 Å². The summed E-state index contributed by atoms with van der Waals surface area (Å²) < 4.78 is 0. The van der Waals surface area contributed by atoms with Gasteiger partial charge in [-0.25, -0.2) is 0 Å². The monoisotopic (exact) mass is 350 g/mol. The molecule has 3 aromatic rings. The van der Waals surface area contributed by atoms with E-state index >= 15 is 0 Å². The minimum atomic E-state index is -0.313. The Kier molecular flexibility index (Phi) is 4.42. The van der Waals surface area contributed by atoms with Crippen LogP contribution >= 0.6 is 0 Å². The molecular weight excluding hydrogens is 328 g/mol. The third kappa shape index (κ3) is 3.32. The molecule has 2 atom stereocenters. The van der Waals surface area contributed by atoms with Crippen LogP contribution in [0.4, 0.5) is 0 Å². The summed E-state index contributed by atoms with van der Waals surface area (Å²) in [7, 11) is 0. The molecule has 1 saturated carbocycles. The highest BCUT2D eigenvalue weighted by atomic mass is 16.3. The average Bonchev–Trinajstić information content (AvgIpc) is 3.05. The van der Waals surface area contributed by atoms with Crippen molar-refractivity contribution in [2.45, 2.75) is 44.8 Å². The molecule has 1 amide bonds. The van der Waals surface area contributed by atoms with Gasteiger partial charge in [0.05, 0.1) is 11.6 Å². The fraction of sp³-hybridized carbons (Fsp3) is 0.350. The van der Waals surface area contributed by atoms with E-state index in [1.165, 1.54) is 0 Å². The lowest BCUT2D eigenvalue weighted by molar-refractivity contribution is 0.0850. The number of aromatic nitrogens is 3. The number of pyridine rings is 1. The summed E-state index contributed by atoms with van der Waals surface area (Å²) in [5, 5.41) is 21.2. The van der Waals surface area contributed by atoms with Crippen molar-refractivity contribution >= 4 is 16.8 Å². The van der Waals surface area contributed by atoms with Crippen molar-refractivity contribution in [2.24, 2.45) is 0 Å². The molecule has 3 N–H and O–H groups in total. The van der Waals surface area contributed by atoms with Gasteiger partial charge in [0.15, 0.2) is 0 Å². The van der Waals surface area contributed by atoms with Crippen molar-refractivity contribution < 1.29 is 9.90 Å². The number of aryl methyl sites for hydroxylation is 1. The van der Waals surface area contributed by atoms with E-state index in [9.17, 15) is 9.90 Å². The molecule has 2 aromatic heterocycles. The van der Waals surface area contributed by atoms with Crippen molar-refractivity contribution in [2.75, 3.05) is 0 Å². The maximum absolute atomic E-state index is 12.7. The first kappa shape index (κ1) is 16.7.